The van der Waals surface area contributed by atoms with Crippen LogP contribution in [-0.2, 0) is 32.7 Å². The number of benzene rings is 2. The third-order valence-corrected chi connectivity index (χ3v) is 8.11. The number of anilines is 1. The van der Waals surface area contributed by atoms with Gasteiger partial charge in [0.05, 0.1) is 30.4 Å². The SMILES string of the molecule is COc1ccc(CN2C(=O)CCC(n3c(=O)n(C)c4c(N5CCC(C(OC)OC)CC5)cccc43)C2=O)cc1. The molecular weight excluding hydrogens is 500 g/mol. The fourth-order valence-corrected chi connectivity index (χ4v) is 6.01. The lowest BCUT2D eigenvalue weighted by Gasteiger charge is -2.36. The maximum absolute atomic E-state index is 13.7. The highest BCUT2D eigenvalue weighted by atomic mass is 16.7. The normalized spacial score (nSPS) is 18.9. The number of likely N-dealkylation sites (tertiary alicyclic amines) is 1. The van der Waals surface area contributed by atoms with Gasteiger partial charge in [-0.25, -0.2) is 4.79 Å². The van der Waals surface area contributed by atoms with E-state index in [-0.39, 0.29) is 36.8 Å². The average molecular weight is 537 g/mol. The van der Waals surface area contributed by atoms with Crippen molar-refractivity contribution in [2.75, 3.05) is 39.3 Å². The Kier molecular flexibility index (Phi) is 7.76. The average Bonchev–Trinajstić information content (AvgIpc) is 3.22. The first kappa shape index (κ1) is 27.0. The van der Waals surface area contributed by atoms with Crippen molar-refractivity contribution in [1.29, 1.82) is 0 Å². The number of para-hydroxylation sites is 1. The summed E-state index contributed by atoms with van der Waals surface area (Å²) < 4.78 is 19.4. The summed E-state index contributed by atoms with van der Waals surface area (Å²) in [6.45, 7) is 1.76. The van der Waals surface area contributed by atoms with Gasteiger partial charge in [0.2, 0.25) is 5.91 Å². The van der Waals surface area contributed by atoms with E-state index in [1.165, 1.54) is 4.90 Å². The first-order valence-electron chi connectivity index (χ1n) is 13.4. The number of imide groups is 1. The predicted octanol–water partition coefficient (Wildman–Crippen LogP) is 3.07. The van der Waals surface area contributed by atoms with Crippen LogP contribution in [0.4, 0.5) is 5.69 Å². The van der Waals surface area contributed by atoms with Crippen LogP contribution in [0.5, 0.6) is 5.75 Å². The zero-order valence-corrected chi connectivity index (χ0v) is 23.0. The number of carbonyl (C=O) groups excluding carboxylic acids is 2. The number of hydrogen-bond donors (Lipinski definition) is 0. The summed E-state index contributed by atoms with van der Waals surface area (Å²) in [6, 6.07) is 12.4. The van der Waals surface area contributed by atoms with Crippen LogP contribution >= 0.6 is 0 Å². The minimum absolute atomic E-state index is 0.155. The van der Waals surface area contributed by atoms with Gasteiger partial charge in [-0.1, -0.05) is 18.2 Å². The van der Waals surface area contributed by atoms with Crippen molar-refractivity contribution >= 4 is 28.5 Å². The van der Waals surface area contributed by atoms with Gasteiger partial charge >= 0.3 is 5.69 Å². The van der Waals surface area contributed by atoms with Gasteiger partial charge in [0.1, 0.15) is 11.8 Å². The van der Waals surface area contributed by atoms with Gasteiger partial charge < -0.3 is 19.1 Å². The highest BCUT2D eigenvalue weighted by Gasteiger charge is 2.38. The van der Waals surface area contributed by atoms with Crippen molar-refractivity contribution < 1.29 is 23.8 Å². The largest absolute Gasteiger partial charge is 0.497 e. The minimum Gasteiger partial charge on any atom is -0.497 e. The summed E-state index contributed by atoms with van der Waals surface area (Å²) in [5.74, 6) is 0.424. The smallest absolute Gasteiger partial charge is 0.329 e. The molecule has 2 fully saturated rings. The third kappa shape index (κ3) is 4.94. The van der Waals surface area contributed by atoms with E-state index in [9.17, 15) is 14.4 Å². The number of hydrogen-bond acceptors (Lipinski definition) is 7. The number of methoxy groups -OCH3 is 3. The summed E-state index contributed by atoms with van der Waals surface area (Å²) in [4.78, 5) is 43.7. The van der Waals surface area contributed by atoms with Crippen molar-refractivity contribution in [2.24, 2.45) is 13.0 Å². The molecule has 3 heterocycles. The van der Waals surface area contributed by atoms with Crippen LogP contribution in [0.25, 0.3) is 11.0 Å². The molecule has 1 unspecified atom stereocenters. The van der Waals surface area contributed by atoms with E-state index in [0.29, 0.717) is 23.6 Å². The number of amides is 2. The number of ether oxygens (including phenoxy) is 3. The molecule has 10 heteroatoms. The van der Waals surface area contributed by atoms with E-state index in [4.69, 9.17) is 14.2 Å². The maximum Gasteiger partial charge on any atom is 0.329 e. The van der Waals surface area contributed by atoms with Crippen LogP contribution in [0.3, 0.4) is 0 Å². The molecule has 39 heavy (non-hydrogen) atoms. The summed E-state index contributed by atoms with van der Waals surface area (Å²) in [6.07, 6.45) is 2.07. The van der Waals surface area contributed by atoms with E-state index in [2.05, 4.69) is 4.90 Å². The quantitative estimate of drug-likeness (QED) is 0.323. The third-order valence-electron chi connectivity index (χ3n) is 8.11. The molecule has 1 atom stereocenters. The lowest BCUT2D eigenvalue weighted by Crippen LogP contribution is -2.47. The molecule has 0 spiro atoms. The lowest BCUT2D eigenvalue weighted by molar-refractivity contribution is -0.151. The highest BCUT2D eigenvalue weighted by Crippen LogP contribution is 2.34. The molecule has 2 aliphatic rings. The molecule has 3 aromatic rings. The number of fused-ring (bicyclic) bond motifs is 1. The number of rotatable bonds is 8. The molecule has 0 radical (unpaired) electrons. The molecule has 0 N–H and O–H groups in total. The van der Waals surface area contributed by atoms with E-state index >= 15 is 0 Å². The second-order valence-corrected chi connectivity index (χ2v) is 10.2. The topological polar surface area (TPSA) is 95.2 Å². The Morgan fingerprint density at radius 3 is 2.26 bits per heavy atom. The van der Waals surface area contributed by atoms with Crippen molar-refractivity contribution in [3.05, 3.63) is 58.5 Å². The van der Waals surface area contributed by atoms with Gasteiger partial charge in [0.15, 0.2) is 6.29 Å². The first-order valence-corrected chi connectivity index (χ1v) is 13.4. The first-order chi connectivity index (χ1) is 18.9. The van der Waals surface area contributed by atoms with Crippen LogP contribution < -0.4 is 15.3 Å². The van der Waals surface area contributed by atoms with Gasteiger partial charge in [0, 0.05) is 46.7 Å². The zero-order valence-electron chi connectivity index (χ0n) is 23.0. The van der Waals surface area contributed by atoms with Crippen LogP contribution in [0.2, 0.25) is 0 Å². The fourth-order valence-electron chi connectivity index (χ4n) is 6.01. The second kappa shape index (κ2) is 11.2. The van der Waals surface area contributed by atoms with Crippen molar-refractivity contribution in [2.45, 2.75) is 44.6 Å². The molecule has 1 aromatic heterocycles. The Hall–Kier alpha value is -3.63. The van der Waals surface area contributed by atoms with Crippen molar-refractivity contribution in [3.63, 3.8) is 0 Å². The second-order valence-electron chi connectivity index (χ2n) is 10.2. The highest BCUT2D eigenvalue weighted by molar-refractivity contribution is 6.00. The molecule has 2 aromatic carbocycles. The van der Waals surface area contributed by atoms with Gasteiger partial charge in [-0.15, -0.1) is 0 Å². The Balaban J connectivity index is 1.44. The molecule has 2 aliphatic heterocycles. The summed E-state index contributed by atoms with van der Waals surface area (Å²) in [5, 5.41) is 0. The van der Waals surface area contributed by atoms with Crippen LogP contribution in [0, 0.1) is 5.92 Å². The zero-order chi connectivity index (χ0) is 27.7. The lowest BCUT2D eigenvalue weighted by atomic mass is 9.95. The fraction of sp³-hybridized carbons (Fsp3) is 0.483. The molecule has 2 saturated heterocycles. The Bertz CT molecular complexity index is 1400. The van der Waals surface area contributed by atoms with Gasteiger partial charge in [-0.2, -0.15) is 0 Å². The summed E-state index contributed by atoms with van der Waals surface area (Å²) in [5.41, 5.74) is 3.01. The monoisotopic (exact) mass is 536 g/mol. The minimum atomic E-state index is -0.748. The van der Waals surface area contributed by atoms with E-state index in [0.717, 1.165) is 42.7 Å². The number of nitrogens with zero attached hydrogens (tertiary/aromatic N) is 4. The Morgan fingerprint density at radius 1 is 0.923 bits per heavy atom. The van der Waals surface area contributed by atoms with E-state index < -0.39 is 6.04 Å². The maximum atomic E-state index is 13.7. The predicted molar refractivity (Wildman–Crippen MR) is 147 cm³/mol. The van der Waals surface area contributed by atoms with Crippen molar-refractivity contribution in [1.82, 2.24) is 14.0 Å². The van der Waals surface area contributed by atoms with Crippen LogP contribution in [-0.4, -0.2) is 66.6 Å². The standard InChI is InChI=1S/C29H36N4O6/c1-30-26-22(31-16-14-20(15-17-31)28(38-3)39-4)6-5-7-23(26)33(29(30)36)24-12-13-25(34)32(27(24)35)18-19-8-10-21(37-2)11-9-19/h5-11,20,24,28H,12-18H2,1-4H3. The molecule has 208 valence electrons. The van der Waals surface area contributed by atoms with Gasteiger partial charge in [-0.05, 0) is 49.1 Å². The molecule has 0 aliphatic carbocycles. The van der Waals surface area contributed by atoms with Crippen LogP contribution in [0.15, 0.2) is 47.3 Å². The summed E-state index contributed by atoms with van der Waals surface area (Å²) in [7, 11) is 6.66. The van der Waals surface area contributed by atoms with Crippen LogP contribution in [0.1, 0.15) is 37.3 Å². The van der Waals surface area contributed by atoms with Gasteiger partial charge in [-0.3, -0.25) is 23.6 Å². The molecule has 2 amide bonds. The van der Waals surface area contributed by atoms with Gasteiger partial charge in [0.25, 0.3) is 5.91 Å². The number of aromatic nitrogens is 2. The van der Waals surface area contributed by atoms with E-state index in [1.807, 2.05) is 30.3 Å². The molecule has 0 saturated carbocycles. The molecule has 0 bridgehead atoms. The van der Waals surface area contributed by atoms with E-state index in [1.54, 1.807) is 49.6 Å². The van der Waals surface area contributed by atoms with Crippen molar-refractivity contribution in [3.8, 4) is 5.75 Å². The molecular formula is C29H36N4O6. The molecule has 10 nitrogen and oxygen atoms in total. The molecule has 5 rings (SSSR count). The number of aryl methyl sites for hydroxylation is 1. The summed E-state index contributed by atoms with van der Waals surface area (Å²) >= 11 is 0. The Labute approximate surface area is 227 Å². The number of imidazole rings is 1. The number of piperidine rings is 2. The number of carbonyl (C=O) groups is 2. The Morgan fingerprint density at radius 2 is 1.62 bits per heavy atom.